The largest absolute Gasteiger partial charge is 0.373 e. The van der Waals surface area contributed by atoms with Crippen molar-refractivity contribution < 1.29 is 9.13 Å². The van der Waals surface area contributed by atoms with Crippen molar-refractivity contribution in [3.63, 3.8) is 0 Å². The maximum atomic E-state index is 13.8. The minimum atomic E-state index is -0.417. The summed E-state index contributed by atoms with van der Waals surface area (Å²) < 4.78 is 19.3. The van der Waals surface area contributed by atoms with Crippen molar-refractivity contribution in [1.82, 2.24) is 4.98 Å². The lowest BCUT2D eigenvalue weighted by atomic mass is 10.2. The number of anilines is 1. The van der Waals surface area contributed by atoms with Gasteiger partial charge in [-0.05, 0) is 13.0 Å². The summed E-state index contributed by atoms with van der Waals surface area (Å²) in [6.45, 7) is 3.01. The highest BCUT2D eigenvalue weighted by atomic mass is 35.5. The normalized spacial score (nSPS) is 25.1. The summed E-state index contributed by atoms with van der Waals surface area (Å²) in [4.78, 5) is 5.90. The number of aromatic nitrogens is 1. The van der Waals surface area contributed by atoms with Gasteiger partial charge in [-0.25, -0.2) is 9.37 Å². The first-order chi connectivity index (χ1) is 8.11. The Hall–Kier alpha value is -0.580. The van der Waals surface area contributed by atoms with E-state index in [1.165, 1.54) is 12.3 Å². The second-order valence-corrected chi connectivity index (χ2v) is 4.82. The molecule has 1 saturated heterocycles. The first kappa shape index (κ1) is 12.9. The molecule has 94 valence electrons. The second kappa shape index (κ2) is 5.38. The lowest BCUT2D eigenvalue weighted by molar-refractivity contribution is 0.0358. The Morgan fingerprint density at radius 1 is 1.65 bits per heavy atom. The van der Waals surface area contributed by atoms with Crippen LogP contribution in [-0.2, 0) is 4.74 Å². The van der Waals surface area contributed by atoms with Crippen LogP contribution in [0.3, 0.4) is 0 Å². The Labute approximate surface area is 109 Å². The standard InChI is InChI=1S/C11H13Cl2FN2O/c1-7-6-17-9(3-12)5-16(7)11-10(14)2-8(13)4-15-11/h2,4,7,9H,3,5-6H2,1H3. The molecule has 17 heavy (non-hydrogen) atoms. The van der Waals surface area contributed by atoms with Crippen molar-refractivity contribution in [2.24, 2.45) is 0 Å². The van der Waals surface area contributed by atoms with Crippen LogP contribution in [0.5, 0.6) is 0 Å². The quantitative estimate of drug-likeness (QED) is 0.778. The molecule has 0 aliphatic carbocycles. The molecular weight excluding hydrogens is 266 g/mol. The van der Waals surface area contributed by atoms with Crippen LogP contribution in [0.15, 0.2) is 12.3 Å². The molecule has 2 rings (SSSR count). The first-order valence-electron chi connectivity index (χ1n) is 5.37. The van der Waals surface area contributed by atoms with E-state index in [1.54, 1.807) is 0 Å². The van der Waals surface area contributed by atoms with Crippen LogP contribution in [0.25, 0.3) is 0 Å². The lowest BCUT2D eigenvalue weighted by Crippen LogP contribution is -2.49. The van der Waals surface area contributed by atoms with E-state index < -0.39 is 5.82 Å². The molecule has 1 fully saturated rings. The van der Waals surface area contributed by atoms with Gasteiger partial charge in [-0.15, -0.1) is 11.6 Å². The predicted molar refractivity (Wildman–Crippen MR) is 66.5 cm³/mol. The first-order valence-corrected chi connectivity index (χ1v) is 6.28. The van der Waals surface area contributed by atoms with Gasteiger partial charge in [0.1, 0.15) is 0 Å². The van der Waals surface area contributed by atoms with Crippen LogP contribution in [0.1, 0.15) is 6.92 Å². The minimum Gasteiger partial charge on any atom is -0.373 e. The average molecular weight is 279 g/mol. The predicted octanol–water partition coefficient (Wildman–Crippen LogP) is 2.71. The van der Waals surface area contributed by atoms with Gasteiger partial charge in [-0.2, -0.15) is 0 Å². The molecule has 0 bridgehead atoms. The van der Waals surface area contributed by atoms with Gasteiger partial charge in [-0.1, -0.05) is 11.6 Å². The van der Waals surface area contributed by atoms with Crippen LogP contribution in [0, 0.1) is 5.82 Å². The molecule has 0 amide bonds. The highest BCUT2D eigenvalue weighted by Gasteiger charge is 2.28. The van der Waals surface area contributed by atoms with Gasteiger partial charge < -0.3 is 9.64 Å². The number of rotatable bonds is 2. The van der Waals surface area contributed by atoms with E-state index >= 15 is 0 Å². The molecule has 6 heteroatoms. The van der Waals surface area contributed by atoms with E-state index in [0.717, 1.165) is 0 Å². The van der Waals surface area contributed by atoms with Gasteiger partial charge in [0.15, 0.2) is 11.6 Å². The minimum absolute atomic E-state index is 0.0673. The summed E-state index contributed by atoms with van der Waals surface area (Å²) in [5.41, 5.74) is 0. The summed E-state index contributed by atoms with van der Waals surface area (Å²) in [5, 5.41) is 0.293. The Morgan fingerprint density at radius 3 is 3.06 bits per heavy atom. The zero-order valence-electron chi connectivity index (χ0n) is 9.37. The van der Waals surface area contributed by atoms with E-state index in [1.807, 2.05) is 11.8 Å². The molecule has 2 unspecified atom stereocenters. The fraction of sp³-hybridized carbons (Fsp3) is 0.545. The van der Waals surface area contributed by atoms with E-state index in [2.05, 4.69) is 4.98 Å². The van der Waals surface area contributed by atoms with Crippen molar-refractivity contribution in [1.29, 1.82) is 0 Å². The van der Waals surface area contributed by atoms with Crippen molar-refractivity contribution in [3.8, 4) is 0 Å². The third kappa shape index (κ3) is 2.81. The van der Waals surface area contributed by atoms with E-state index in [4.69, 9.17) is 27.9 Å². The van der Waals surface area contributed by atoms with Crippen molar-refractivity contribution in [3.05, 3.63) is 23.1 Å². The van der Waals surface area contributed by atoms with Crippen LogP contribution >= 0.6 is 23.2 Å². The molecule has 1 aromatic heterocycles. The lowest BCUT2D eigenvalue weighted by Gasteiger charge is -2.38. The third-order valence-electron chi connectivity index (χ3n) is 2.74. The van der Waals surface area contributed by atoms with Crippen LogP contribution in [-0.4, -0.2) is 36.2 Å². The Balaban J connectivity index is 2.24. The van der Waals surface area contributed by atoms with E-state index in [9.17, 15) is 4.39 Å². The molecule has 0 saturated carbocycles. The maximum Gasteiger partial charge on any atom is 0.167 e. The van der Waals surface area contributed by atoms with E-state index in [0.29, 0.717) is 29.9 Å². The maximum absolute atomic E-state index is 13.8. The zero-order chi connectivity index (χ0) is 12.4. The Morgan fingerprint density at radius 2 is 2.41 bits per heavy atom. The number of ether oxygens (including phenoxy) is 1. The zero-order valence-corrected chi connectivity index (χ0v) is 10.9. The van der Waals surface area contributed by atoms with Crippen molar-refractivity contribution >= 4 is 29.0 Å². The topological polar surface area (TPSA) is 25.4 Å². The van der Waals surface area contributed by atoms with Gasteiger partial charge in [0.2, 0.25) is 0 Å². The van der Waals surface area contributed by atoms with Crippen LogP contribution < -0.4 is 4.90 Å². The molecule has 2 atom stereocenters. The number of nitrogens with zero attached hydrogens (tertiary/aromatic N) is 2. The summed E-state index contributed by atoms with van der Waals surface area (Å²) >= 11 is 11.4. The third-order valence-corrected chi connectivity index (χ3v) is 3.29. The SMILES string of the molecule is CC1COC(CCl)CN1c1ncc(Cl)cc1F. The monoisotopic (exact) mass is 278 g/mol. The molecule has 0 spiro atoms. The van der Waals surface area contributed by atoms with Gasteiger partial charge in [0, 0.05) is 12.7 Å². The number of alkyl halides is 1. The smallest absolute Gasteiger partial charge is 0.167 e. The molecule has 3 nitrogen and oxygen atoms in total. The number of morpholine rings is 1. The molecule has 0 radical (unpaired) electrons. The van der Waals surface area contributed by atoms with Gasteiger partial charge >= 0.3 is 0 Å². The molecule has 0 aromatic carbocycles. The van der Waals surface area contributed by atoms with Crippen LogP contribution in [0.2, 0.25) is 5.02 Å². The van der Waals surface area contributed by atoms with Gasteiger partial charge in [0.25, 0.3) is 0 Å². The van der Waals surface area contributed by atoms with Crippen LogP contribution in [0.4, 0.5) is 10.2 Å². The Bertz CT molecular complexity index is 405. The molecule has 1 aliphatic rings. The second-order valence-electron chi connectivity index (χ2n) is 4.07. The molecule has 1 aliphatic heterocycles. The summed E-state index contributed by atoms with van der Waals surface area (Å²) in [6, 6.07) is 1.33. The molecule has 2 heterocycles. The summed E-state index contributed by atoms with van der Waals surface area (Å²) in [7, 11) is 0. The number of hydrogen-bond acceptors (Lipinski definition) is 3. The highest BCUT2D eigenvalue weighted by molar-refractivity contribution is 6.30. The number of pyridine rings is 1. The molecule has 0 N–H and O–H groups in total. The molecular formula is C11H13Cl2FN2O. The van der Waals surface area contributed by atoms with Crippen molar-refractivity contribution in [2.45, 2.75) is 19.1 Å². The average Bonchev–Trinajstić information content (AvgIpc) is 2.30. The Kier molecular flexibility index (Phi) is 4.07. The van der Waals surface area contributed by atoms with Gasteiger partial charge in [0.05, 0.1) is 29.7 Å². The van der Waals surface area contributed by atoms with E-state index in [-0.39, 0.29) is 12.1 Å². The fourth-order valence-electron chi connectivity index (χ4n) is 1.82. The number of hydrogen-bond donors (Lipinski definition) is 0. The summed E-state index contributed by atoms with van der Waals surface area (Å²) in [6.07, 6.45) is 1.35. The number of halogens is 3. The van der Waals surface area contributed by atoms with Crippen molar-refractivity contribution in [2.75, 3.05) is 23.9 Å². The molecule has 1 aromatic rings. The summed E-state index contributed by atoms with van der Waals surface area (Å²) in [5.74, 6) is 0.276. The van der Waals surface area contributed by atoms with Gasteiger partial charge in [-0.3, -0.25) is 0 Å². The highest BCUT2D eigenvalue weighted by Crippen LogP contribution is 2.24. The fourth-order valence-corrected chi connectivity index (χ4v) is 2.16.